The molecule has 0 saturated heterocycles. The molecule has 0 saturated carbocycles. The van der Waals surface area contributed by atoms with Crippen molar-refractivity contribution in [1.29, 1.82) is 0 Å². The number of aromatic nitrogens is 2. The lowest BCUT2D eigenvalue weighted by Gasteiger charge is -2.18. The zero-order valence-electron chi connectivity index (χ0n) is 15.6. The Bertz CT molecular complexity index is 998. The van der Waals surface area contributed by atoms with Gasteiger partial charge in [-0.05, 0) is 51.7 Å². The zero-order chi connectivity index (χ0) is 19.6. The molecule has 0 atom stereocenters. The van der Waals surface area contributed by atoms with Crippen molar-refractivity contribution in [1.82, 2.24) is 13.9 Å². The normalized spacial score (nSPS) is 11.0. The van der Waals surface area contributed by atoms with Crippen molar-refractivity contribution in [3.8, 4) is 5.82 Å². The second-order valence-electron chi connectivity index (χ2n) is 6.41. The summed E-state index contributed by atoms with van der Waals surface area (Å²) in [5, 5.41) is 3.08. The van der Waals surface area contributed by atoms with Crippen LogP contribution in [-0.4, -0.2) is 28.0 Å². The first kappa shape index (κ1) is 19.1. The Balaban J connectivity index is 2.10. The van der Waals surface area contributed by atoms with Crippen molar-refractivity contribution < 1.29 is 4.39 Å². The highest BCUT2D eigenvalue weighted by atomic mass is 32.2. The van der Waals surface area contributed by atoms with Gasteiger partial charge in [-0.1, -0.05) is 17.7 Å². The van der Waals surface area contributed by atoms with Crippen LogP contribution in [0.2, 0.25) is 0 Å². The molecule has 0 spiro atoms. The maximum Gasteiger partial charge on any atom is 0.294 e. The molecule has 2 heterocycles. The van der Waals surface area contributed by atoms with Crippen LogP contribution in [-0.2, 0) is 0 Å². The van der Waals surface area contributed by atoms with E-state index in [1.54, 1.807) is 24.5 Å². The van der Waals surface area contributed by atoms with E-state index in [-0.39, 0.29) is 5.69 Å². The number of nitrogens with one attached hydrogen (secondary N) is 3. The summed E-state index contributed by atoms with van der Waals surface area (Å²) < 4.78 is 21.3. The molecule has 0 fully saturated rings. The van der Waals surface area contributed by atoms with Gasteiger partial charge in [-0.2, -0.15) is 4.39 Å². The van der Waals surface area contributed by atoms with Gasteiger partial charge in [0.25, 0.3) is 5.56 Å². The van der Waals surface area contributed by atoms with E-state index in [2.05, 4.69) is 15.0 Å². The summed E-state index contributed by atoms with van der Waals surface area (Å²) in [7, 11) is 3.73. The predicted octanol–water partition coefficient (Wildman–Crippen LogP) is 4.20. The second-order valence-corrected chi connectivity index (χ2v) is 7.53. The van der Waals surface area contributed by atoms with E-state index in [1.807, 2.05) is 50.4 Å². The molecule has 0 aliphatic carbocycles. The third kappa shape index (κ3) is 4.17. The molecule has 0 unspecified atom stereocenters. The van der Waals surface area contributed by atoms with Crippen LogP contribution in [0.3, 0.4) is 0 Å². The molecule has 2 aromatic heterocycles. The van der Waals surface area contributed by atoms with Gasteiger partial charge in [0.2, 0.25) is 5.82 Å². The summed E-state index contributed by atoms with van der Waals surface area (Å²) in [4.78, 5) is 15.5. The Labute approximate surface area is 161 Å². The molecule has 142 valence electrons. The van der Waals surface area contributed by atoms with Gasteiger partial charge >= 0.3 is 0 Å². The van der Waals surface area contributed by atoms with Crippen LogP contribution in [0, 0.1) is 19.7 Å². The monoisotopic (exact) mass is 387 g/mol. The fraction of sp³-hybridized carbons (Fsp3) is 0.211. The van der Waals surface area contributed by atoms with Crippen LogP contribution in [0.25, 0.3) is 5.82 Å². The van der Waals surface area contributed by atoms with Gasteiger partial charge in [-0.25, -0.2) is 4.31 Å². The largest absolute Gasteiger partial charge is 0.351 e. The number of pyridine rings is 1. The van der Waals surface area contributed by atoms with Crippen LogP contribution in [0.15, 0.2) is 47.5 Å². The lowest BCUT2D eigenvalue weighted by atomic mass is 10.1. The van der Waals surface area contributed by atoms with Crippen molar-refractivity contribution in [3.05, 3.63) is 70.0 Å². The minimum absolute atomic E-state index is 0.115. The van der Waals surface area contributed by atoms with Gasteiger partial charge in [0.1, 0.15) is 11.5 Å². The van der Waals surface area contributed by atoms with Crippen molar-refractivity contribution >= 4 is 29.2 Å². The fourth-order valence-corrected chi connectivity index (χ4v) is 3.10. The SMILES string of the molecule is Cc1ccc(Nc2c(NSN(C)C)cn(-c3ccc[nH]3)c(=O)c2F)c(C)c1. The zero-order valence-corrected chi connectivity index (χ0v) is 16.4. The summed E-state index contributed by atoms with van der Waals surface area (Å²) in [5.74, 6) is -0.358. The van der Waals surface area contributed by atoms with Crippen molar-refractivity contribution in [2.24, 2.45) is 0 Å². The van der Waals surface area contributed by atoms with Gasteiger partial charge < -0.3 is 15.0 Å². The molecule has 1 aromatic carbocycles. The van der Waals surface area contributed by atoms with E-state index < -0.39 is 11.4 Å². The van der Waals surface area contributed by atoms with Gasteiger partial charge in [0.15, 0.2) is 0 Å². The Kier molecular flexibility index (Phi) is 5.57. The minimum Gasteiger partial charge on any atom is -0.351 e. The minimum atomic E-state index is -0.853. The molecule has 6 nitrogen and oxygen atoms in total. The molecule has 0 aliphatic heterocycles. The van der Waals surface area contributed by atoms with Gasteiger partial charge in [0, 0.05) is 30.2 Å². The summed E-state index contributed by atoms with van der Waals surface area (Å²) in [6, 6.07) is 9.28. The Hall–Kier alpha value is -2.71. The average Bonchev–Trinajstić information content (AvgIpc) is 3.14. The Morgan fingerprint density at radius 3 is 2.59 bits per heavy atom. The molecular weight excluding hydrogens is 365 g/mol. The third-order valence-electron chi connectivity index (χ3n) is 3.97. The maximum atomic E-state index is 15.1. The van der Waals surface area contributed by atoms with E-state index >= 15 is 4.39 Å². The quantitative estimate of drug-likeness (QED) is 0.553. The predicted molar refractivity (Wildman–Crippen MR) is 110 cm³/mol. The fourth-order valence-electron chi connectivity index (χ4n) is 2.66. The van der Waals surface area contributed by atoms with Crippen molar-refractivity contribution in [2.45, 2.75) is 13.8 Å². The number of H-pyrrole nitrogens is 1. The Morgan fingerprint density at radius 2 is 1.96 bits per heavy atom. The molecule has 3 N–H and O–H groups in total. The molecule has 27 heavy (non-hydrogen) atoms. The van der Waals surface area contributed by atoms with E-state index in [0.717, 1.165) is 16.8 Å². The number of benzene rings is 1. The van der Waals surface area contributed by atoms with Crippen LogP contribution in [0.5, 0.6) is 0 Å². The van der Waals surface area contributed by atoms with E-state index in [9.17, 15) is 4.79 Å². The number of aromatic amines is 1. The van der Waals surface area contributed by atoms with Crippen molar-refractivity contribution in [3.63, 3.8) is 0 Å². The number of anilines is 3. The standard InChI is InChI=1S/C19H22FN5OS/c1-12-7-8-14(13(2)10-12)22-18-15(23-27-24(3)4)11-25(19(26)17(18)20)16-6-5-9-21-16/h5-11,21-23H,1-4H3. The van der Waals surface area contributed by atoms with Crippen LogP contribution in [0.1, 0.15) is 11.1 Å². The van der Waals surface area contributed by atoms with Gasteiger partial charge in [-0.15, -0.1) is 0 Å². The van der Waals surface area contributed by atoms with E-state index in [0.29, 0.717) is 11.5 Å². The summed E-state index contributed by atoms with van der Waals surface area (Å²) in [6.45, 7) is 3.94. The first-order valence-electron chi connectivity index (χ1n) is 8.40. The summed E-state index contributed by atoms with van der Waals surface area (Å²) in [5.41, 5.74) is 2.67. The summed E-state index contributed by atoms with van der Waals surface area (Å²) >= 11 is 1.29. The smallest absolute Gasteiger partial charge is 0.294 e. The highest BCUT2D eigenvalue weighted by Crippen LogP contribution is 2.31. The first-order valence-corrected chi connectivity index (χ1v) is 9.17. The molecule has 0 aliphatic rings. The number of hydrogen-bond acceptors (Lipinski definition) is 5. The second kappa shape index (κ2) is 7.89. The molecule has 8 heteroatoms. The molecule has 0 bridgehead atoms. The number of nitrogens with zero attached hydrogens (tertiary/aromatic N) is 2. The number of halogens is 1. The lowest BCUT2D eigenvalue weighted by molar-refractivity contribution is 0.604. The molecule has 3 aromatic rings. The Morgan fingerprint density at radius 1 is 1.19 bits per heavy atom. The van der Waals surface area contributed by atoms with Crippen molar-refractivity contribution in [2.75, 3.05) is 24.1 Å². The average molecular weight is 387 g/mol. The third-order valence-corrected chi connectivity index (χ3v) is 4.65. The molecule has 3 rings (SSSR count). The number of hydrogen-bond donors (Lipinski definition) is 3. The van der Waals surface area contributed by atoms with Gasteiger partial charge in [0.05, 0.1) is 5.69 Å². The number of rotatable bonds is 6. The van der Waals surface area contributed by atoms with Crippen LogP contribution in [0.4, 0.5) is 21.5 Å². The topological polar surface area (TPSA) is 65.1 Å². The van der Waals surface area contributed by atoms with Gasteiger partial charge in [-0.3, -0.25) is 9.36 Å². The van der Waals surface area contributed by atoms with E-state index in [1.165, 1.54) is 16.7 Å². The highest BCUT2D eigenvalue weighted by Gasteiger charge is 2.18. The number of aryl methyl sites for hydroxylation is 2. The highest BCUT2D eigenvalue weighted by molar-refractivity contribution is 7.98. The van der Waals surface area contributed by atoms with Crippen LogP contribution < -0.4 is 15.6 Å². The summed E-state index contributed by atoms with van der Waals surface area (Å²) in [6.07, 6.45) is 3.27. The molecule has 0 radical (unpaired) electrons. The maximum absolute atomic E-state index is 15.1. The molecule has 0 amide bonds. The molecular formula is C19H22FN5OS. The lowest BCUT2D eigenvalue weighted by Crippen LogP contribution is -2.24. The van der Waals surface area contributed by atoms with Crippen LogP contribution >= 0.6 is 12.1 Å². The van der Waals surface area contributed by atoms with E-state index in [4.69, 9.17) is 0 Å². The first-order chi connectivity index (χ1) is 12.9.